The third kappa shape index (κ3) is 4.89. The lowest BCUT2D eigenvalue weighted by Crippen LogP contribution is -2.45. The van der Waals surface area contributed by atoms with Gasteiger partial charge in [-0.25, -0.2) is 0 Å². The molecule has 1 aliphatic heterocycles. The normalized spacial score (nSPS) is 23.5. The summed E-state index contributed by atoms with van der Waals surface area (Å²) in [5.74, 6) is 0.0884. The van der Waals surface area contributed by atoms with Crippen LogP contribution in [-0.2, 0) is 9.59 Å². The predicted octanol–water partition coefficient (Wildman–Crippen LogP) is 2.94. The van der Waals surface area contributed by atoms with Gasteiger partial charge in [-0.05, 0) is 25.3 Å². The summed E-state index contributed by atoms with van der Waals surface area (Å²) < 4.78 is 0.0815. The number of allylic oxidation sites excluding steroid dienone is 2. The molecule has 1 aliphatic carbocycles. The van der Waals surface area contributed by atoms with Crippen molar-refractivity contribution in [2.75, 3.05) is 13.1 Å². The van der Waals surface area contributed by atoms with Gasteiger partial charge in [0, 0.05) is 25.4 Å². The third-order valence-electron chi connectivity index (χ3n) is 3.91. The fourth-order valence-corrected chi connectivity index (χ4v) is 2.87. The maximum atomic E-state index is 12.6. The Morgan fingerprint density at radius 3 is 2.77 bits per heavy atom. The Labute approximate surface area is 140 Å². The predicted molar refractivity (Wildman–Crippen MR) is 88.5 cm³/mol. The van der Waals surface area contributed by atoms with Crippen LogP contribution >= 0.6 is 23.2 Å². The summed E-state index contributed by atoms with van der Waals surface area (Å²) in [5.41, 5.74) is 0. The van der Waals surface area contributed by atoms with Crippen molar-refractivity contribution >= 4 is 35.0 Å². The molecule has 120 valence electrons. The zero-order valence-electron chi connectivity index (χ0n) is 12.3. The quantitative estimate of drug-likeness (QED) is 0.781. The highest BCUT2D eigenvalue weighted by Crippen LogP contribution is 2.23. The Bertz CT molecular complexity index is 510. The molecule has 1 N–H and O–H groups in total. The van der Waals surface area contributed by atoms with Crippen molar-refractivity contribution in [3.63, 3.8) is 0 Å². The van der Waals surface area contributed by atoms with Gasteiger partial charge in [-0.15, -0.1) is 0 Å². The second-order valence-corrected chi connectivity index (χ2v) is 6.48. The maximum absolute atomic E-state index is 12.6. The molecule has 2 rings (SSSR count). The number of hydrogen-bond donors (Lipinski definition) is 1. The Morgan fingerprint density at radius 2 is 2.09 bits per heavy atom. The van der Waals surface area contributed by atoms with Crippen molar-refractivity contribution < 1.29 is 9.59 Å². The molecule has 2 unspecified atom stereocenters. The van der Waals surface area contributed by atoms with E-state index in [4.69, 9.17) is 23.2 Å². The lowest BCUT2D eigenvalue weighted by molar-refractivity contribution is -0.136. The third-order valence-corrected chi connectivity index (χ3v) is 4.22. The average molecular weight is 343 g/mol. The summed E-state index contributed by atoms with van der Waals surface area (Å²) in [4.78, 5) is 26.1. The van der Waals surface area contributed by atoms with E-state index in [1.807, 2.05) is 17.1 Å². The van der Waals surface area contributed by atoms with Crippen molar-refractivity contribution in [2.24, 2.45) is 5.92 Å². The number of hydrogen-bond acceptors (Lipinski definition) is 2. The van der Waals surface area contributed by atoms with Gasteiger partial charge >= 0.3 is 0 Å². The van der Waals surface area contributed by atoms with Crippen molar-refractivity contribution in [1.82, 2.24) is 10.2 Å². The molecular weight excluding hydrogens is 323 g/mol. The van der Waals surface area contributed by atoms with Crippen molar-refractivity contribution in [3.8, 4) is 0 Å². The second-order valence-electron chi connectivity index (χ2n) is 5.47. The Kier molecular flexibility index (Phi) is 6.52. The summed E-state index contributed by atoms with van der Waals surface area (Å²) >= 11 is 11.0. The molecule has 0 aromatic heterocycles. The minimum absolute atomic E-state index is 0.0705. The van der Waals surface area contributed by atoms with E-state index in [1.54, 1.807) is 0 Å². The van der Waals surface area contributed by atoms with Crippen LogP contribution in [-0.4, -0.2) is 35.8 Å². The van der Waals surface area contributed by atoms with Crippen LogP contribution in [0.5, 0.6) is 0 Å². The van der Waals surface area contributed by atoms with Gasteiger partial charge in [0.1, 0.15) is 4.49 Å². The Balaban J connectivity index is 1.83. The van der Waals surface area contributed by atoms with Crippen LogP contribution in [0.1, 0.15) is 25.7 Å². The first kappa shape index (κ1) is 17.1. The summed E-state index contributed by atoms with van der Waals surface area (Å²) in [6, 6.07) is -0.0715. The van der Waals surface area contributed by atoms with E-state index in [0.29, 0.717) is 13.1 Å². The van der Waals surface area contributed by atoms with Crippen LogP contribution in [0.4, 0.5) is 0 Å². The van der Waals surface area contributed by atoms with E-state index in [9.17, 15) is 9.59 Å². The molecule has 2 aliphatic rings. The molecule has 22 heavy (non-hydrogen) atoms. The minimum Gasteiger partial charge on any atom is -0.353 e. The smallest absolute Gasteiger partial charge is 0.226 e. The van der Waals surface area contributed by atoms with E-state index >= 15 is 0 Å². The fourth-order valence-electron chi connectivity index (χ4n) is 2.72. The Morgan fingerprint density at radius 1 is 1.27 bits per heavy atom. The van der Waals surface area contributed by atoms with Gasteiger partial charge in [0.25, 0.3) is 0 Å². The summed E-state index contributed by atoms with van der Waals surface area (Å²) in [6.45, 7) is 1.03. The van der Waals surface area contributed by atoms with E-state index in [-0.39, 0.29) is 34.7 Å². The lowest BCUT2D eigenvalue weighted by Gasteiger charge is -2.29. The molecule has 4 nitrogen and oxygen atoms in total. The summed E-state index contributed by atoms with van der Waals surface area (Å²) in [7, 11) is 0. The van der Waals surface area contributed by atoms with Crippen LogP contribution in [0.15, 0.2) is 34.9 Å². The Hall–Kier alpha value is -1.26. The number of carbonyl (C=O) groups excluding carboxylic acids is 2. The summed E-state index contributed by atoms with van der Waals surface area (Å²) in [5, 5.41) is 2.81. The molecule has 0 fully saturated rings. The highest BCUT2D eigenvalue weighted by molar-refractivity contribution is 6.55. The lowest BCUT2D eigenvalue weighted by atomic mass is 9.93. The number of halogens is 2. The molecule has 2 atom stereocenters. The topological polar surface area (TPSA) is 49.4 Å². The van der Waals surface area contributed by atoms with Gasteiger partial charge in [0.15, 0.2) is 0 Å². The molecule has 1 heterocycles. The van der Waals surface area contributed by atoms with Crippen LogP contribution in [0.2, 0.25) is 0 Å². The first-order valence-corrected chi connectivity index (χ1v) is 8.23. The first-order valence-electron chi connectivity index (χ1n) is 7.48. The van der Waals surface area contributed by atoms with Crippen LogP contribution in [0.25, 0.3) is 0 Å². The standard InChI is InChI=1S/C16H20Cl2N2O2/c17-14(18)8-9-15(21)19-11-13-7-4-10-20(13)16(22)12-5-2-1-3-6-12/h1-2,4,7-8,12-13H,3,5-6,9-11H2,(H,19,21). The van der Waals surface area contributed by atoms with E-state index in [0.717, 1.165) is 19.3 Å². The molecule has 0 saturated heterocycles. The largest absolute Gasteiger partial charge is 0.353 e. The zero-order valence-corrected chi connectivity index (χ0v) is 13.8. The molecule has 0 radical (unpaired) electrons. The van der Waals surface area contributed by atoms with E-state index in [2.05, 4.69) is 17.5 Å². The van der Waals surface area contributed by atoms with Gasteiger partial charge in [0.05, 0.1) is 6.04 Å². The van der Waals surface area contributed by atoms with Gasteiger partial charge in [-0.3, -0.25) is 9.59 Å². The fraction of sp³-hybridized carbons (Fsp3) is 0.500. The molecule has 2 amide bonds. The first-order chi connectivity index (χ1) is 10.6. The molecule has 0 aromatic rings. The molecule has 6 heteroatoms. The van der Waals surface area contributed by atoms with Crippen molar-refractivity contribution in [2.45, 2.75) is 31.7 Å². The number of nitrogens with one attached hydrogen (secondary N) is 1. The molecule has 0 spiro atoms. The van der Waals surface area contributed by atoms with Gasteiger partial charge in [-0.1, -0.05) is 47.5 Å². The molecular formula is C16H20Cl2N2O2. The van der Waals surface area contributed by atoms with Crippen molar-refractivity contribution in [1.29, 1.82) is 0 Å². The summed E-state index contributed by atoms with van der Waals surface area (Å²) in [6.07, 6.45) is 12.4. The second kappa shape index (κ2) is 8.39. The highest BCUT2D eigenvalue weighted by atomic mass is 35.5. The average Bonchev–Trinajstić information content (AvgIpc) is 2.99. The molecule has 0 bridgehead atoms. The maximum Gasteiger partial charge on any atom is 0.226 e. The van der Waals surface area contributed by atoms with E-state index < -0.39 is 0 Å². The molecule has 0 saturated carbocycles. The SMILES string of the molecule is O=C(CC=C(Cl)Cl)NCC1C=CCN1C(=O)C1CC=CCC1. The van der Waals surface area contributed by atoms with Gasteiger partial charge < -0.3 is 10.2 Å². The van der Waals surface area contributed by atoms with Crippen LogP contribution < -0.4 is 5.32 Å². The number of rotatable bonds is 5. The van der Waals surface area contributed by atoms with Crippen molar-refractivity contribution in [3.05, 3.63) is 34.9 Å². The van der Waals surface area contributed by atoms with Gasteiger partial charge in [0.2, 0.25) is 11.8 Å². The molecule has 0 aromatic carbocycles. The number of carbonyl (C=O) groups is 2. The van der Waals surface area contributed by atoms with Crippen LogP contribution in [0, 0.1) is 5.92 Å². The zero-order chi connectivity index (χ0) is 15.9. The minimum atomic E-state index is -0.160. The van der Waals surface area contributed by atoms with Gasteiger partial charge in [-0.2, -0.15) is 0 Å². The highest BCUT2D eigenvalue weighted by Gasteiger charge is 2.30. The monoisotopic (exact) mass is 342 g/mol. The number of amides is 2. The number of nitrogens with zero attached hydrogens (tertiary/aromatic N) is 1. The van der Waals surface area contributed by atoms with Crippen LogP contribution in [0.3, 0.4) is 0 Å². The van der Waals surface area contributed by atoms with E-state index in [1.165, 1.54) is 6.08 Å².